The summed E-state index contributed by atoms with van der Waals surface area (Å²) >= 11 is 0. The Morgan fingerprint density at radius 2 is 2.24 bits per heavy atom. The summed E-state index contributed by atoms with van der Waals surface area (Å²) in [5, 5.41) is 0. The second-order valence-corrected chi connectivity index (χ2v) is 6.59. The molecular weight excluding hydrogens is 210 g/mol. The normalized spacial score (nSPS) is 22.9. The van der Waals surface area contributed by atoms with Crippen molar-refractivity contribution in [1.29, 1.82) is 0 Å². The van der Waals surface area contributed by atoms with E-state index in [1.165, 1.54) is 37.4 Å². The molecule has 1 aromatic rings. The van der Waals surface area contributed by atoms with Crippen molar-refractivity contribution in [2.24, 2.45) is 5.41 Å². The molecule has 0 radical (unpaired) electrons. The standard InChI is InChI=1S/C14H25N3/c1-11-8-15-13(16-11)12-6-5-7-17(9-12)10-14(2,3)4/h8,12H,5-7,9-10H2,1-4H3,(H,15,16)/t12-/m0/s1. The summed E-state index contributed by atoms with van der Waals surface area (Å²) in [4.78, 5) is 10.5. The molecule has 0 bridgehead atoms. The predicted octanol–water partition coefficient (Wildman–Crippen LogP) is 2.94. The van der Waals surface area contributed by atoms with E-state index in [1.54, 1.807) is 0 Å². The Labute approximate surface area is 105 Å². The summed E-state index contributed by atoms with van der Waals surface area (Å²) in [5.74, 6) is 1.78. The zero-order valence-electron chi connectivity index (χ0n) is 11.6. The van der Waals surface area contributed by atoms with Crippen molar-refractivity contribution in [1.82, 2.24) is 14.9 Å². The van der Waals surface area contributed by atoms with Crippen LogP contribution in [-0.4, -0.2) is 34.5 Å². The molecule has 1 N–H and O–H groups in total. The Balaban J connectivity index is 1.97. The Kier molecular flexibility index (Phi) is 3.57. The number of rotatable bonds is 2. The first kappa shape index (κ1) is 12.6. The second-order valence-electron chi connectivity index (χ2n) is 6.59. The molecule has 1 aliphatic heterocycles. The van der Waals surface area contributed by atoms with Crippen LogP contribution in [0.15, 0.2) is 6.20 Å². The lowest BCUT2D eigenvalue weighted by Gasteiger charge is -2.36. The van der Waals surface area contributed by atoms with Gasteiger partial charge in [-0.05, 0) is 31.7 Å². The van der Waals surface area contributed by atoms with Gasteiger partial charge >= 0.3 is 0 Å². The highest BCUT2D eigenvalue weighted by molar-refractivity contribution is 5.05. The molecule has 96 valence electrons. The van der Waals surface area contributed by atoms with E-state index in [2.05, 4.69) is 42.6 Å². The minimum Gasteiger partial charge on any atom is -0.346 e. The zero-order chi connectivity index (χ0) is 12.5. The summed E-state index contributed by atoms with van der Waals surface area (Å²) < 4.78 is 0. The molecule has 1 saturated heterocycles. The van der Waals surface area contributed by atoms with Crippen LogP contribution < -0.4 is 0 Å². The quantitative estimate of drug-likeness (QED) is 0.854. The molecular formula is C14H25N3. The molecule has 2 heterocycles. The third-order valence-electron chi connectivity index (χ3n) is 3.31. The molecule has 1 aliphatic rings. The fourth-order valence-electron chi connectivity index (χ4n) is 2.73. The lowest BCUT2D eigenvalue weighted by molar-refractivity contribution is 0.149. The van der Waals surface area contributed by atoms with Crippen molar-refractivity contribution >= 4 is 0 Å². The van der Waals surface area contributed by atoms with Crippen LogP contribution in [0, 0.1) is 12.3 Å². The van der Waals surface area contributed by atoms with Crippen molar-refractivity contribution in [2.75, 3.05) is 19.6 Å². The largest absolute Gasteiger partial charge is 0.346 e. The highest BCUT2D eigenvalue weighted by Gasteiger charge is 2.25. The summed E-state index contributed by atoms with van der Waals surface area (Å²) in [6, 6.07) is 0. The number of hydrogen-bond donors (Lipinski definition) is 1. The third kappa shape index (κ3) is 3.56. The van der Waals surface area contributed by atoms with Gasteiger partial charge in [0.1, 0.15) is 5.82 Å². The number of piperidine rings is 1. The van der Waals surface area contributed by atoms with Gasteiger partial charge in [-0.2, -0.15) is 0 Å². The maximum atomic E-state index is 4.49. The number of hydrogen-bond acceptors (Lipinski definition) is 2. The summed E-state index contributed by atoms with van der Waals surface area (Å²) in [6.07, 6.45) is 4.51. The van der Waals surface area contributed by atoms with Crippen LogP contribution in [0.25, 0.3) is 0 Å². The number of aryl methyl sites for hydroxylation is 1. The molecule has 0 amide bonds. The van der Waals surface area contributed by atoms with E-state index in [4.69, 9.17) is 0 Å². The monoisotopic (exact) mass is 235 g/mol. The number of nitrogens with one attached hydrogen (secondary N) is 1. The minimum atomic E-state index is 0.390. The third-order valence-corrected chi connectivity index (χ3v) is 3.31. The molecule has 0 spiro atoms. The van der Waals surface area contributed by atoms with Gasteiger partial charge in [-0.15, -0.1) is 0 Å². The highest BCUT2D eigenvalue weighted by Crippen LogP contribution is 2.27. The van der Waals surface area contributed by atoms with Gasteiger partial charge in [-0.25, -0.2) is 4.98 Å². The van der Waals surface area contributed by atoms with E-state index < -0.39 is 0 Å². The van der Waals surface area contributed by atoms with Gasteiger partial charge in [0, 0.05) is 30.9 Å². The Hall–Kier alpha value is -0.830. The van der Waals surface area contributed by atoms with Crippen LogP contribution in [-0.2, 0) is 0 Å². The van der Waals surface area contributed by atoms with Gasteiger partial charge < -0.3 is 9.88 Å². The van der Waals surface area contributed by atoms with E-state index in [-0.39, 0.29) is 0 Å². The van der Waals surface area contributed by atoms with Gasteiger partial charge in [0.15, 0.2) is 0 Å². The van der Waals surface area contributed by atoms with E-state index in [9.17, 15) is 0 Å². The minimum absolute atomic E-state index is 0.390. The van der Waals surface area contributed by atoms with Crippen molar-refractivity contribution < 1.29 is 0 Å². The first-order valence-electron chi connectivity index (χ1n) is 6.68. The van der Waals surface area contributed by atoms with Crippen molar-refractivity contribution in [3.63, 3.8) is 0 Å². The molecule has 1 fully saturated rings. The topological polar surface area (TPSA) is 31.9 Å². The molecule has 0 aliphatic carbocycles. The van der Waals surface area contributed by atoms with Crippen LogP contribution in [0.2, 0.25) is 0 Å². The SMILES string of the molecule is Cc1cnc([C@H]2CCCN(CC(C)(C)C)C2)[nH]1. The maximum absolute atomic E-state index is 4.49. The first-order valence-corrected chi connectivity index (χ1v) is 6.68. The van der Waals surface area contributed by atoms with Crippen molar-refractivity contribution in [3.05, 3.63) is 17.7 Å². The van der Waals surface area contributed by atoms with E-state index in [1.807, 2.05) is 6.20 Å². The Morgan fingerprint density at radius 3 is 2.82 bits per heavy atom. The molecule has 1 atom stereocenters. The zero-order valence-corrected chi connectivity index (χ0v) is 11.6. The second kappa shape index (κ2) is 4.81. The number of H-pyrrole nitrogens is 1. The molecule has 2 rings (SSSR count). The molecule has 17 heavy (non-hydrogen) atoms. The van der Waals surface area contributed by atoms with Crippen molar-refractivity contribution in [2.45, 2.75) is 46.5 Å². The fraction of sp³-hybridized carbons (Fsp3) is 0.786. The van der Waals surface area contributed by atoms with Crippen LogP contribution in [0.4, 0.5) is 0 Å². The number of likely N-dealkylation sites (tertiary alicyclic amines) is 1. The van der Waals surface area contributed by atoms with E-state index in [0.29, 0.717) is 11.3 Å². The molecule has 3 heteroatoms. The summed E-state index contributed by atoms with van der Waals surface area (Å²) in [7, 11) is 0. The lowest BCUT2D eigenvalue weighted by atomic mass is 9.92. The Bertz CT molecular complexity index is 362. The van der Waals surface area contributed by atoms with E-state index in [0.717, 1.165) is 6.54 Å². The number of aromatic nitrogens is 2. The molecule has 0 unspecified atom stereocenters. The molecule has 3 nitrogen and oxygen atoms in total. The number of aromatic amines is 1. The summed E-state index contributed by atoms with van der Waals surface area (Å²) in [5.41, 5.74) is 1.56. The summed E-state index contributed by atoms with van der Waals surface area (Å²) in [6.45, 7) is 12.6. The lowest BCUT2D eigenvalue weighted by Crippen LogP contribution is -2.39. The molecule has 0 aromatic carbocycles. The average Bonchev–Trinajstić information content (AvgIpc) is 2.63. The van der Waals surface area contributed by atoms with Gasteiger partial charge in [-0.3, -0.25) is 0 Å². The van der Waals surface area contributed by atoms with Gasteiger partial charge in [-0.1, -0.05) is 20.8 Å². The molecule has 1 aromatic heterocycles. The maximum Gasteiger partial charge on any atom is 0.110 e. The highest BCUT2D eigenvalue weighted by atomic mass is 15.1. The molecule has 0 saturated carbocycles. The van der Waals surface area contributed by atoms with Crippen LogP contribution in [0.1, 0.15) is 51.0 Å². The number of imidazole rings is 1. The van der Waals surface area contributed by atoms with Crippen LogP contribution in [0.5, 0.6) is 0 Å². The van der Waals surface area contributed by atoms with Crippen LogP contribution in [0.3, 0.4) is 0 Å². The smallest absolute Gasteiger partial charge is 0.110 e. The van der Waals surface area contributed by atoms with Gasteiger partial charge in [0.2, 0.25) is 0 Å². The predicted molar refractivity (Wildman–Crippen MR) is 71.2 cm³/mol. The van der Waals surface area contributed by atoms with Crippen LogP contribution >= 0.6 is 0 Å². The average molecular weight is 235 g/mol. The first-order chi connectivity index (χ1) is 7.94. The Morgan fingerprint density at radius 1 is 1.47 bits per heavy atom. The van der Waals surface area contributed by atoms with E-state index >= 15 is 0 Å². The van der Waals surface area contributed by atoms with Gasteiger partial charge in [0.05, 0.1) is 0 Å². The van der Waals surface area contributed by atoms with Crippen molar-refractivity contribution in [3.8, 4) is 0 Å². The number of nitrogens with zero attached hydrogens (tertiary/aromatic N) is 2. The fourth-order valence-corrected chi connectivity index (χ4v) is 2.73. The van der Waals surface area contributed by atoms with Gasteiger partial charge in [0.25, 0.3) is 0 Å².